The molecule has 3 rings (SSSR count). The molecule has 2 fully saturated rings. The van der Waals surface area contributed by atoms with Crippen LogP contribution >= 0.6 is 35.3 Å². The van der Waals surface area contributed by atoms with E-state index in [0.717, 1.165) is 41.7 Å². The van der Waals surface area contributed by atoms with Crippen molar-refractivity contribution in [2.45, 2.75) is 44.9 Å². The van der Waals surface area contributed by atoms with Crippen LogP contribution in [-0.4, -0.2) is 67.6 Å². The molecule has 26 heavy (non-hydrogen) atoms. The number of nitrogens with zero attached hydrogens (tertiary/aromatic N) is 4. The maximum absolute atomic E-state index is 5.34. The molecule has 0 spiro atoms. The van der Waals surface area contributed by atoms with E-state index in [1.54, 1.807) is 18.4 Å². The zero-order chi connectivity index (χ0) is 17.8. The highest BCUT2D eigenvalue weighted by molar-refractivity contribution is 14.0. The molecule has 2 aliphatic rings. The Morgan fingerprint density at radius 2 is 2.27 bits per heavy atom. The Kier molecular flexibility index (Phi) is 8.56. The van der Waals surface area contributed by atoms with E-state index in [9.17, 15) is 0 Å². The van der Waals surface area contributed by atoms with Gasteiger partial charge < -0.3 is 19.9 Å². The van der Waals surface area contributed by atoms with Gasteiger partial charge in [-0.3, -0.25) is 4.99 Å². The minimum atomic E-state index is 0. The first kappa shape index (κ1) is 21.8. The number of halogens is 1. The number of hydrogen-bond donors (Lipinski definition) is 1. The molecule has 1 N–H and O–H groups in total. The van der Waals surface area contributed by atoms with E-state index in [2.05, 4.69) is 37.5 Å². The summed E-state index contributed by atoms with van der Waals surface area (Å²) >= 11 is 1.66. The zero-order valence-corrected chi connectivity index (χ0v) is 19.4. The number of ether oxygens (including phenoxy) is 1. The van der Waals surface area contributed by atoms with E-state index in [1.807, 2.05) is 14.0 Å². The Hall–Kier alpha value is -0.450. The first-order valence-corrected chi connectivity index (χ1v) is 10.1. The van der Waals surface area contributed by atoms with Crippen LogP contribution in [-0.2, 0) is 11.3 Å². The average Bonchev–Trinajstić information content (AvgIpc) is 3.17. The number of guanidine groups is 1. The van der Waals surface area contributed by atoms with Crippen LogP contribution < -0.4 is 5.32 Å². The van der Waals surface area contributed by atoms with Gasteiger partial charge in [0, 0.05) is 45.7 Å². The number of methoxy groups -OCH3 is 1. The molecule has 1 saturated carbocycles. The summed E-state index contributed by atoms with van der Waals surface area (Å²) in [4.78, 5) is 13.9. The van der Waals surface area contributed by atoms with E-state index in [4.69, 9.17) is 4.74 Å². The smallest absolute Gasteiger partial charge is 0.193 e. The van der Waals surface area contributed by atoms with Gasteiger partial charge in [-0.2, -0.15) is 0 Å². The van der Waals surface area contributed by atoms with Gasteiger partial charge in [0.15, 0.2) is 5.96 Å². The van der Waals surface area contributed by atoms with Crippen LogP contribution in [0.2, 0.25) is 0 Å². The lowest BCUT2D eigenvalue weighted by molar-refractivity contribution is 0.119. The van der Waals surface area contributed by atoms with Crippen molar-refractivity contribution < 1.29 is 4.74 Å². The lowest BCUT2D eigenvalue weighted by Crippen LogP contribution is -2.41. The fraction of sp³-hybridized carbons (Fsp3) is 0.778. The van der Waals surface area contributed by atoms with E-state index in [0.29, 0.717) is 0 Å². The molecule has 0 bridgehead atoms. The SMILES string of the molecule is CN=C(NCC1CCN(C2CC2)C1)N(C)Cc1csc(C(C)OC)n1.I. The van der Waals surface area contributed by atoms with Crippen LogP contribution in [0.25, 0.3) is 0 Å². The molecule has 2 heterocycles. The molecule has 1 aromatic heterocycles. The molecule has 0 amide bonds. The van der Waals surface area contributed by atoms with Crippen LogP contribution in [0.5, 0.6) is 0 Å². The van der Waals surface area contributed by atoms with Crippen molar-refractivity contribution >= 4 is 41.3 Å². The number of hydrogen-bond acceptors (Lipinski definition) is 5. The van der Waals surface area contributed by atoms with E-state index < -0.39 is 0 Å². The Balaban J connectivity index is 0.00000243. The van der Waals surface area contributed by atoms with Gasteiger partial charge in [0.2, 0.25) is 0 Å². The molecule has 1 aliphatic heterocycles. The van der Waals surface area contributed by atoms with Crippen molar-refractivity contribution in [3.05, 3.63) is 16.1 Å². The zero-order valence-electron chi connectivity index (χ0n) is 16.3. The molecule has 1 aromatic rings. The first-order valence-electron chi connectivity index (χ1n) is 9.23. The van der Waals surface area contributed by atoms with Crippen molar-refractivity contribution in [3.8, 4) is 0 Å². The highest BCUT2D eigenvalue weighted by Crippen LogP contribution is 2.31. The van der Waals surface area contributed by atoms with Crippen molar-refractivity contribution in [3.63, 3.8) is 0 Å². The molecule has 1 aliphatic carbocycles. The third-order valence-corrected chi connectivity index (χ3v) is 6.23. The lowest BCUT2D eigenvalue weighted by atomic mass is 10.1. The summed E-state index contributed by atoms with van der Waals surface area (Å²) in [5, 5.41) is 6.69. The van der Waals surface area contributed by atoms with Gasteiger partial charge in [0.1, 0.15) is 11.1 Å². The summed E-state index contributed by atoms with van der Waals surface area (Å²) in [5.74, 6) is 1.68. The van der Waals surface area contributed by atoms with Crippen LogP contribution in [0.4, 0.5) is 0 Å². The molecule has 2 atom stereocenters. The van der Waals surface area contributed by atoms with Gasteiger partial charge in [-0.25, -0.2) is 4.98 Å². The molecular weight excluding hydrogens is 461 g/mol. The van der Waals surface area contributed by atoms with Crippen LogP contribution in [0.15, 0.2) is 10.4 Å². The summed E-state index contributed by atoms with van der Waals surface area (Å²) in [6.45, 7) is 6.29. The van der Waals surface area contributed by atoms with Crippen LogP contribution in [0.3, 0.4) is 0 Å². The minimum Gasteiger partial charge on any atom is -0.375 e. The van der Waals surface area contributed by atoms with Gasteiger partial charge in [0.25, 0.3) is 0 Å². The predicted octanol–water partition coefficient (Wildman–Crippen LogP) is 2.96. The van der Waals surface area contributed by atoms with E-state index in [-0.39, 0.29) is 30.1 Å². The fourth-order valence-corrected chi connectivity index (χ4v) is 4.26. The lowest BCUT2D eigenvalue weighted by Gasteiger charge is -2.23. The third kappa shape index (κ3) is 5.77. The maximum atomic E-state index is 5.34. The summed E-state index contributed by atoms with van der Waals surface area (Å²) in [7, 11) is 5.64. The number of aromatic nitrogens is 1. The molecule has 8 heteroatoms. The summed E-state index contributed by atoms with van der Waals surface area (Å²) in [6.07, 6.45) is 4.16. The van der Waals surface area contributed by atoms with Gasteiger partial charge >= 0.3 is 0 Å². The summed E-state index contributed by atoms with van der Waals surface area (Å²) in [5.41, 5.74) is 1.06. The second-order valence-corrected chi connectivity index (χ2v) is 8.11. The molecule has 6 nitrogen and oxygen atoms in total. The quantitative estimate of drug-likeness (QED) is 0.360. The Bertz CT molecular complexity index is 592. The topological polar surface area (TPSA) is 53.0 Å². The standard InChI is InChI=1S/C18H31N5OS.HI/c1-13(24-4)17-21-15(12-25-17)11-22(3)18(19-2)20-9-14-7-8-23(10-14)16-5-6-16;/h12-14,16H,5-11H2,1-4H3,(H,19,20);1H. The number of aliphatic imine (C=N–C) groups is 1. The van der Waals surface area contributed by atoms with E-state index in [1.165, 1.54) is 32.4 Å². The summed E-state index contributed by atoms with van der Waals surface area (Å²) < 4.78 is 5.34. The van der Waals surface area contributed by atoms with Gasteiger partial charge in [-0.1, -0.05) is 0 Å². The highest BCUT2D eigenvalue weighted by atomic mass is 127. The van der Waals surface area contributed by atoms with Gasteiger partial charge in [0.05, 0.1) is 12.2 Å². The molecule has 2 unspecified atom stereocenters. The summed E-state index contributed by atoms with van der Waals surface area (Å²) in [6, 6.07) is 0.889. The Morgan fingerprint density at radius 1 is 1.50 bits per heavy atom. The van der Waals surface area contributed by atoms with Crippen LogP contribution in [0, 0.1) is 5.92 Å². The molecule has 0 aromatic carbocycles. The fourth-order valence-electron chi connectivity index (χ4n) is 3.42. The van der Waals surface area contributed by atoms with Crippen molar-refractivity contribution in [1.82, 2.24) is 20.1 Å². The number of rotatable bonds is 7. The monoisotopic (exact) mass is 493 g/mol. The number of likely N-dealkylation sites (tertiary alicyclic amines) is 1. The highest BCUT2D eigenvalue weighted by Gasteiger charge is 2.34. The average molecular weight is 493 g/mol. The Morgan fingerprint density at radius 3 is 2.92 bits per heavy atom. The number of thiazole rings is 1. The molecule has 1 saturated heterocycles. The van der Waals surface area contributed by atoms with Crippen molar-refractivity contribution in [2.75, 3.05) is 40.8 Å². The second-order valence-electron chi connectivity index (χ2n) is 7.22. The maximum Gasteiger partial charge on any atom is 0.193 e. The van der Waals surface area contributed by atoms with Crippen molar-refractivity contribution in [2.24, 2.45) is 10.9 Å². The van der Waals surface area contributed by atoms with E-state index >= 15 is 0 Å². The van der Waals surface area contributed by atoms with Gasteiger partial charge in [-0.15, -0.1) is 35.3 Å². The normalized spacial score (nSPS) is 22.2. The predicted molar refractivity (Wildman–Crippen MR) is 118 cm³/mol. The molecular formula is C18H32IN5OS. The van der Waals surface area contributed by atoms with Crippen molar-refractivity contribution in [1.29, 1.82) is 0 Å². The van der Waals surface area contributed by atoms with Gasteiger partial charge in [-0.05, 0) is 38.6 Å². The molecule has 148 valence electrons. The molecule has 0 radical (unpaired) electrons. The second kappa shape index (κ2) is 10.2. The first-order chi connectivity index (χ1) is 12.1. The Labute approximate surface area is 178 Å². The minimum absolute atomic E-state index is 0. The third-order valence-electron chi connectivity index (χ3n) is 5.17. The number of nitrogens with one attached hydrogen (secondary N) is 1. The van der Waals surface area contributed by atoms with Crippen LogP contribution in [0.1, 0.15) is 43.0 Å². The largest absolute Gasteiger partial charge is 0.375 e.